The van der Waals surface area contributed by atoms with E-state index in [1.54, 1.807) is 13.8 Å². The maximum atomic E-state index is 14.5. The van der Waals surface area contributed by atoms with Crippen LogP contribution in [0.4, 0.5) is 13.2 Å². The average molecular weight is 413 g/mol. The molecular formula is C15H20BrF3N2O3. The van der Waals surface area contributed by atoms with Gasteiger partial charge in [-0.05, 0) is 17.8 Å². The van der Waals surface area contributed by atoms with Gasteiger partial charge in [0, 0.05) is 25.8 Å². The third kappa shape index (κ3) is 3.83. The Morgan fingerprint density at radius 3 is 2.50 bits per heavy atom. The van der Waals surface area contributed by atoms with Crippen molar-refractivity contribution in [2.45, 2.75) is 38.8 Å². The number of carbonyl (C=O) groups excluding carboxylic acids is 2. The van der Waals surface area contributed by atoms with Crippen LogP contribution in [0.15, 0.2) is 22.0 Å². The second-order valence-electron chi connectivity index (χ2n) is 5.17. The van der Waals surface area contributed by atoms with Crippen molar-refractivity contribution in [3.8, 4) is 0 Å². The van der Waals surface area contributed by atoms with Gasteiger partial charge in [0.05, 0.1) is 5.57 Å². The molecule has 0 spiro atoms. The van der Waals surface area contributed by atoms with E-state index in [1.165, 1.54) is 7.11 Å². The molecule has 0 bridgehead atoms. The minimum absolute atomic E-state index is 0.0557. The zero-order chi connectivity index (χ0) is 18.5. The molecule has 1 unspecified atom stereocenters. The summed E-state index contributed by atoms with van der Waals surface area (Å²) in [6.07, 6.45) is -0.353. The lowest BCUT2D eigenvalue weighted by Crippen LogP contribution is -2.44. The van der Waals surface area contributed by atoms with Crippen LogP contribution in [0.5, 0.6) is 0 Å². The van der Waals surface area contributed by atoms with E-state index in [4.69, 9.17) is 4.74 Å². The highest BCUT2D eigenvalue weighted by atomic mass is 79.9. The van der Waals surface area contributed by atoms with Crippen molar-refractivity contribution in [1.29, 1.82) is 0 Å². The Hall–Kier alpha value is -1.35. The predicted molar refractivity (Wildman–Crippen MR) is 86.2 cm³/mol. The number of methoxy groups -OCH3 is 1. The zero-order valence-electron chi connectivity index (χ0n) is 13.7. The number of hydrogen-bond donors (Lipinski definition) is 1. The monoisotopic (exact) mass is 412 g/mol. The molecule has 24 heavy (non-hydrogen) atoms. The minimum atomic E-state index is -4.02. The molecule has 1 heterocycles. The van der Waals surface area contributed by atoms with Gasteiger partial charge in [0.1, 0.15) is 0 Å². The van der Waals surface area contributed by atoms with Crippen LogP contribution < -0.4 is 5.32 Å². The highest BCUT2D eigenvalue weighted by Gasteiger charge is 2.51. The summed E-state index contributed by atoms with van der Waals surface area (Å²) in [6, 6.07) is 0. The standard InChI is InChI=1S/C15H20BrF3N2O3/c1-4-6-20-14(23)15(18,19)9(8-16)10-11(17)12(22)21(7-5-2)13(10)24-3/h8,13H,4-7H2,1-3H3,(H,20,23)/b9-8-. The smallest absolute Gasteiger partial charge is 0.350 e. The van der Waals surface area contributed by atoms with Crippen molar-refractivity contribution < 1.29 is 27.5 Å². The molecule has 1 N–H and O–H groups in total. The van der Waals surface area contributed by atoms with E-state index in [9.17, 15) is 22.8 Å². The molecule has 1 atom stereocenters. The first-order valence-corrected chi connectivity index (χ1v) is 8.40. The molecule has 0 fully saturated rings. The van der Waals surface area contributed by atoms with Crippen LogP contribution in [0.25, 0.3) is 0 Å². The predicted octanol–water partition coefficient (Wildman–Crippen LogP) is 2.88. The van der Waals surface area contributed by atoms with Crippen molar-refractivity contribution in [2.24, 2.45) is 0 Å². The van der Waals surface area contributed by atoms with Gasteiger partial charge in [-0.1, -0.05) is 29.8 Å². The molecule has 1 rings (SSSR count). The summed E-state index contributed by atoms with van der Waals surface area (Å²) in [5.41, 5.74) is -1.57. The van der Waals surface area contributed by atoms with Gasteiger partial charge in [0.15, 0.2) is 12.1 Å². The lowest BCUT2D eigenvalue weighted by molar-refractivity contribution is -0.140. The molecule has 0 saturated carbocycles. The molecule has 0 aromatic rings. The number of hydrogen-bond acceptors (Lipinski definition) is 3. The number of nitrogens with one attached hydrogen (secondary N) is 1. The zero-order valence-corrected chi connectivity index (χ0v) is 15.3. The third-order valence-corrected chi connectivity index (χ3v) is 3.92. The van der Waals surface area contributed by atoms with Gasteiger partial charge >= 0.3 is 5.92 Å². The second-order valence-corrected chi connectivity index (χ2v) is 5.63. The molecule has 0 aromatic heterocycles. The summed E-state index contributed by atoms with van der Waals surface area (Å²) >= 11 is 2.75. The molecule has 0 aliphatic carbocycles. The SMILES string of the molecule is CCCNC(=O)C(F)(F)/C(=C\Br)C1=C(F)C(=O)N(CCC)C1OC. The average Bonchev–Trinajstić information content (AvgIpc) is 2.78. The van der Waals surface area contributed by atoms with E-state index in [1.807, 2.05) is 0 Å². The van der Waals surface area contributed by atoms with Crippen LogP contribution in [0.3, 0.4) is 0 Å². The Morgan fingerprint density at radius 2 is 2.04 bits per heavy atom. The van der Waals surface area contributed by atoms with Gasteiger partial charge in [-0.15, -0.1) is 0 Å². The maximum absolute atomic E-state index is 14.5. The summed E-state index contributed by atoms with van der Waals surface area (Å²) in [5.74, 6) is -7.96. The quantitative estimate of drug-likeness (QED) is 0.666. The fraction of sp³-hybridized carbons (Fsp3) is 0.600. The Labute approximate surface area is 147 Å². The number of amides is 2. The first-order chi connectivity index (χ1) is 11.3. The van der Waals surface area contributed by atoms with Crippen molar-refractivity contribution in [3.05, 3.63) is 22.0 Å². The third-order valence-electron chi connectivity index (χ3n) is 3.46. The van der Waals surface area contributed by atoms with Crippen LogP contribution in [0.1, 0.15) is 26.7 Å². The van der Waals surface area contributed by atoms with Crippen LogP contribution in [-0.2, 0) is 14.3 Å². The molecule has 0 radical (unpaired) electrons. The Kier molecular flexibility index (Phi) is 7.47. The first-order valence-electron chi connectivity index (χ1n) is 7.48. The van der Waals surface area contributed by atoms with Gasteiger partial charge in [-0.2, -0.15) is 8.78 Å². The van der Waals surface area contributed by atoms with Crippen molar-refractivity contribution in [1.82, 2.24) is 10.2 Å². The van der Waals surface area contributed by atoms with E-state index in [2.05, 4.69) is 21.2 Å². The Bertz CT molecular complexity index is 564. The van der Waals surface area contributed by atoms with E-state index in [0.717, 1.165) is 9.89 Å². The number of ether oxygens (including phenoxy) is 1. The molecule has 2 amide bonds. The van der Waals surface area contributed by atoms with Gasteiger partial charge in [-0.25, -0.2) is 4.39 Å². The van der Waals surface area contributed by atoms with Crippen LogP contribution >= 0.6 is 15.9 Å². The largest absolute Gasteiger partial charge is 0.357 e. The summed E-state index contributed by atoms with van der Waals surface area (Å²) in [7, 11) is 1.18. The summed E-state index contributed by atoms with van der Waals surface area (Å²) in [6.45, 7) is 3.66. The molecule has 1 aliphatic heterocycles. The first kappa shape index (κ1) is 20.7. The van der Waals surface area contributed by atoms with Gasteiger partial charge in [0.25, 0.3) is 11.8 Å². The number of carbonyl (C=O) groups is 2. The number of rotatable bonds is 8. The highest BCUT2D eigenvalue weighted by molar-refractivity contribution is 9.11. The fourth-order valence-electron chi connectivity index (χ4n) is 2.34. The lowest BCUT2D eigenvalue weighted by Gasteiger charge is -2.27. The van der Waals surface area contributed by atoms with Crippen molar-refractivity contribution in [2.75, 3.05) is 20.2 Å². The van der Waals surface area contributed by atoms with Crippen molar-refractivity contribution in [3.63, 3.8) is 0 Å². The number of halogens is 4. The van der Waals surface area contributed by atoms with Crippen LogP contribution in [0, 0.1) is 0 Å². The van der Waals surface area contributed by atoms with E-state index >= 15 is 0 Å². The lowest BCUT2D eigenvalue weighted by atomic mass is 9.99. The molecule has 0 aromatic carbocycles. The van der Waals surface area contributed by atoms with Crippen LogP contribution in [0.2, 0.25) is 0 Å². The normalized spacial score (nSPS) is 19.3. The molecule has 1 aliphatic rings. The van der Waals surface area contributed by atoms with Gasteiger partial charge in [0.2, 0.25) is 0 Å². The van der Waals surface area contributed by atoms with Crippen molar-refractivity contribution >= 4 is 27.7 Å². The summed E-state index contributed by atoms with van der Waals surface area (Å²) in [5, 5.41) is 2.07. The van der Waals surface area contributed by atoms with E-state index in [-0.39, 0.29) is 13.1 Å². The number of nitrogens with zero attached hydrogens (tertiary/aromatic N) is 1. The molecular weight excluding hydrogens is 393 g/mol. The fourth-order valence-corrected chi connectivity index (χ4v) is 2.87. The maximum Gasteiger partial charge on any atom is 0.350 e. The van der Waals surface area contributed by atoms with Crippen LogP contribution in [-0.4, -0.2) is 49.1 Å². The molecule has 0 saturated heterocycles. The van der Waals surface area contributed by atoms with E-state index < -0.39 is 40.9 Å². The van der Waals surface area contributed by atoms with Gasteiger partial charge < -0.3 is 15.0 Å². The van der Waals surface area contributed by atoms with E-state index in [0.29, 0.717) is 12.8 Å². The summed E-state index contributed by atoms with van der Waals surface area (Å²) in [4.78, 5) is 25.5. The topological polar surface area (TPSA) is 58.6 Å². The number of alkyl halides is 2. The second kappa shape index (κ2) is 8.66. The molecule has 9 heteroatoms. The Balaban J connectivity index is 3.27. The Morgan fingerprint density at radius 1 is 1.42 bits per heavy atom. The molecule has 5 nitrogen and oxygen atoms in total. The van der Waals surface area contributed by atoms with Gasteiger partial charge in [-0.3, -0.25) is 9.59 Å². The minimum Gasteiger partial charge on any atom is -0.357 e. The highest BCUT2D eigenvalue weighted by Crippen LogP contribution is 2.40. The summed E-state index contributed by atoms with van der Waals surface area (Å²) < 4.78 is 48.4. The molecule has 136 valence electrons.